The molecule has 0 aliphatic rings. The highest BCUT2D eigenvalue weighted by Crippen LogP contribution is 2.25. The van der Waals surface area contributed by atoms with Gasteiger partial charge in [-0.15, -0.1) is 0 Å². The Morgan fingerprint density at radius 2 is 1.52 bits per heavy atom. The minimum atomic E-state index is -0.0756. The molecular formula is C25H23N5O. The number of hydrogen-bond acceptors (Lipinski definition) is 3. The van der Waals surface area contributed by atoms with Gasteiger partial charge in [-0.3, -0.25) is 4.79 Å². The van der Waals surface area contributed by atoms with Gasteiger partial charge in [0.1, 0.15) is 18.2 Å². The quantitative estimate of drug-likeness (QED) is 0.454. The number of carbonyl (C=O) groups excluding carboxylic acids is 1. The van der Waals surface area contributed by atoms with Crippen LogP contribution in [0.1, 0.15) is 12.7 Å². The van der Waals surface area contributed by atoms with Crippen LogP contribution < -0.4 is 5.32 Å². The number of para-hydroxylation sites is 4. The van der Waals surface area contributed by atoms with Crippen molar-refractivity contribution in [2.45, 2.75) is 19.9 Å². The van der Waals surface area contributed by atoms with E-state index in [1.165, 1.54) is 0 Å². The predicted octanol–water partition coefficient (Wildman–Crippen LogP) is 4.79. The second-order valence-electron chi connectivity index (χ2n) is 7.57. The molecule has 0 fully saturated rings. The zero-order valence-corrected chi connectivity index (χ0v) is 17.5. The highest BCUT2D eigenvalue weighted by atomic mass is 16.1. The van der Waals surface area contributed by atoms with E-state index >= 15 is 0 Å². The highest BCUT2D eigenvalue weighted by molar-refractivity contribution is 5.92. The van der Waals surface area contributed by atoms with Crippen LogP contribution in [0.15, 0.2) is 72.8 Å². The smallest absolute Gasteiger partial charge is 0.244 e. The summed E-state index contributed by atoms with van der Waals surface area (Å²) in [7, 11) is 2.01. The van der Waals surface area contributed by atoms with Crippen LogP contribution in [0.25, 0.3) is 33.5 Å². The van der Waals surface area contributed by atoms with E-state index in [1.54, 1.807) is 0 Å². The number of aromatic nitrogens is 4. The molecule has 0 atom stereocenters. The Labute approximate surface area is 180 Å². The van der Waals surface area contributed by atoms with Gasteiger partial charge in [0.25, 0.3) is 0 Å². The summed E-state index contributed by atoms with van der Waals surface area (Å²) in [6, 6.07) is 23.8. The number of nitrogens with one attached hydrogen (secondary N) is 1. The Morgan fingerprint density at radius 1 is 0.871 bits per heavy atom. The van der Waals surface area contributed by atoms with Crippen LogP contribution >= 0.6 is 0 Å². The van der Waals surface area contributed by atoms with E-state index in [2.05, 4.69) is 27.9 Å². The van der Waals surface area contributed by atoms with Gasteiger partial charge in [0.15, 0.2) is 0 Å². The normalized spacial score (nSPS) is 11.3. The fourth-order valence-corrected chi connectivity index (χ4v) is 4.02. The van der Waals surface area contributed by atoms with Gasteiger partial charge in [0, 0.05) is 24.7 Å². The Bertz CT molecular complexity index is 1400. The summed E-state index contributed by atoms with van der Waals surface area (Å²) in [5, 5.41) is 3.00. The number of nitrogens with zero attached hydrogens (tertiary/aromatic N) is 4. The Balaban J connectivity index is 1.35. The standard InChI is InChI=1S/C25H23N5O/c1-3-23-27-20-9-5-7-11-22(20)30(23)16-24(31)26-18-14-12-17(13-15-18)25-28-19-8-4-6-10-21(19)29(25)2/h4-15H,3,16H2,1-2H3,(H,26,31). The number of fused-ring (bicyclic) bond motifs is 2. The van der Waals surface area contributed by atoms with Gasteiger partial charge in [-0.2, -0.15) is 0 Å². The number of anilines is 1. The van der Waals surface area contributed by atoms with Crippen molar-refractivity contribution in [2.75, 3.05) is 5.32 Å². The molecule has 0 unspecified atom stereocenters. The average molecular weight is 409 g/mol. The molecule has 0 aliphatic heterocycles. The number of hydrogen-bond donors (Lipinski definition) is 1. The Morgan fingerprint density at radius 3 is 2.19 bits per heavy atom. The van der Waals surface area contributed by atoms with Crippen LogP contribution in [0, 0.1) is 0 Å². The molecule has 31 heavy (non-hydrogen) atoms. The van der Waals surface area contributed by atoms with Crippen LogP contribution in [0.2, 0.25) is 0 Å². The first kappa shape index (κ1) is 19.1. The van der Waals surface area contributed by atoms with E-state index in [-0.39, 0.29) is 12.5 Å². The lowest BCUT2D eigenvalue weighted by molar-refractivity contribution is -0.116. The van der Waals surface area contributed by atoms with Crippen molar-refractivity contribution in [1.82, 2.24) is 19.1 Å². The molecule has 1 N–H and O–H groups in total. The van der Waals surface area contributed by atoms with Crippen molar-refractivity contribution in [3.8, 4) is 11.4 Å². The second kappa shape index (κ2) is 7.72. The predicted molar refractivity (Wildman–Crippen MR) is 124 cm³/mol. The molecule has 0 bridgehead atoms. The number of carbonyl (C=O) groups is 1. The fraction of sp³-hybridized carbons (Fsp3) is 0.160. The van der Waals surface area contributed by atoms with Crippen molar-refractivity contribution in [1.29, 1.82) is 0 Å². The molecule has 0 saturated carbocycles. The van der Waals surface area contributed by atoms with Crippen molar-refractivity contribution in [3.05, 3.63) is 78.6 Å². The van der Waals surface area contributed by atoms with E-state index in [0.717, 1.165) is 51.4 Å². The van der Waals surface area contributed by atoms with Gasteiger partial charge >= 0.3 is 0 Å². The lowest BCUT2D eigenvalue weighted by Crippen LogP contribution is -2.20. The van der Waals surface area contributed by atoms with Gasteiger partial charge in [-0.05, 0) is 48.5 Å². The molecule has 5 rings (SSSR count). The highest BCUT2D eigenvalue weighted by Gasteiger charge is 2.13. The minimum Gasteiger partial charge on any atom is -0.327 e. The first-order valence-corrected chi connectivity index (χ1v) is 10.4. The van der Waals surface area contributed by atoms with E-state index in [0.29, 0.717) is 0 Å². The monoisotopic (exact) mass is 409 g/mol. The first-order valence-electron chi connectivity index (χ1n) is 10.4. The molecule has 0 aliphatic carbocycles. The third-order valence-corrected chi connectivity index (χ3v) is 5.57. The molecule has 1 amide bonds. The lowest BCUT2D eigenvalue weighted by Gasteiger charge is -2.10. The van der Waals surface area contributed by atoms with Crippen molar-refractivity contribution in [2.24, 2.45) is 7.05 Å². The van der Waals surface area contributed by atoms with Crippen molar-refractivity contribution < 1.29 is 4.79 Å². The zero-order valence-electron chi connectivity index (χ0n) is 17.5. The summed E-state index contributed by atoms with van der Waals surface area (Å²) in [6.45, 7) is 2.28. The van der Waals surface area contributed by atoms with Crippen LogP contribution in [0.4, 0.5) is 5.69 Å². The largest absolute Gasteiger partial charge is 0.327 e. The summed E-state index contributed by atoms with van der Waals surface area (Å²) in [5.74, 6) is 1.73. The molecule has 0 saturated heterocycles. The summed E-state index contributed by atoms with van der Waals surface area (Å²) < 4.78 is 4.07. The topological polar surface area (TPSA) is 64.7 Å². The molecule has 0 spiro atoms. The maximum Gasteiger partial charge on any atom is 0.244 e. The van der Waals surface area contributed by atoms with Gasteiger partial charge in [-0.25, -0.2) is 9.97 Å². The number of benzene rings is 3. The number of amides is 1. The molecule has 5 aromatic rings. The SMILES string of the molecule is CCc1nc2ccccc2n1CC(=O)Nc1ccc(-c2nc3ccccc3n2C)cc1. The summed E-state index contributed by atoms with van der Waals surface area (Å²) >= 11 is 0. The van der Waals surface area contributed by atoms with E-state index in [1.807, 2.05) is 78.3 Å². The van der Waals surface area contributed by atoms with Crippen LogP contribution in [-0.2, 0) is 24.8 Å². The number of rotatable bonds is 5. The van der Waals surface area contributed by atoms with Gasteiger partial charge < -0.3 is 14.5 Å². The summed E-state index contributed by atoms with van der Waals surface area (Å²) in [4.78, 5) is 22.1. The molecule has 154 valence electrons. The maximum atomic E-state index is 12.7. The Kier molecular flexibility index (Phi) is 4.75. The van der Waals surface area contributed by atoms with E-state index in [4.69, 9.17) is 4.98 Å². The van der Waals surface area contributed by atoms with Crippen molar-refractivity contribution in [3.63, 3.8) is 0 Å². The molecule has 0 radical (unpaired) electrons. The molecule has 3 aromatic carbocycles. The molecular weight excluding hydrogens is 386 g/mol. The summed E-state index contributed by atoms with van der Waals surface area (Å²) in [5.41, 5.74) is 5.72. The lowest BCUT2D eigenvalue weighted by atomic mass is 10.2. The van der Waals surface area contributed by atoms with Gasteiger partial charge in [0.05, 0.1) is 22.1 Å². The van der Waals surface area contributed by atoms with Crippen LogP contribution in [0.5, 0.6) is 0 Å². The minimum absolute atomic E-state index is 0.0756. The van der Waals surface area contributed by atoms with Crippen molar-refractivity contribution >= 4 is 33.7 Å². The second-order valence-corrected chi connectivity index (χ2v) is 7.57. The zero-order chi connectivity index (χ0) is 21.4. The number of aryl methyl sites for hydroxylation is 2. The molecule has 6 nitrogen and oxygen atoms in total. The van der Waals surface area contributed by atoms with Crippen LogP contribution in [0.3, 0.4) is 0 Å². The third kappa shape index (κ3) is 3.46. The molecule has 2 aromatic heterocycles. The third-order valence-electron chi connectivity index (χ3n) is 5.57. The molecule has 2 heterocycles. The average Bonchev–Trinajstić information content (AvgIpc) is 3.32. The van der Waals surface area contributed by atoms with Crippen LogP contribution in [-0.4, -0.2) is 25.0 Å². The molecule has 6 heteroatoms. The van der Waals surface area contributed by atoms with Gasteiger partial charge in [0.2, 0.25) is 5.91 Å². The Hall–Kier alpha value is -3.93. The van der Waals surface area contributed by atoms with E-state index in [9.17, 15) is 4.79 Å². The van der Waals surface area contributed by atoms with Gasteiger partial charge in [-0.1, -0.05) is 31.2 Å². The maximum absolute atomic E-state index is 12.7. The number of imidazole rings is 2. The first-order chi connectivity index (χ1) is 15.1. The fourth-order valence-electron chi connectivity index (χ4n) is 4.02. The summed E-state index contributed by atoms with van der Waals surface area (Å²) in [6.07, 6.45) is 0.772. The van der Waals surface area contributed by atoms with E-state index < -0.39 is 0 Å².